The zero-order chi connectivity index (χ0) is 14.1. The lowest BCUT2D eigenvalue weighted by atomic mass is 10.2. The normalized spacial score (nSPS) is 10.9. The average molecular weight is 286 g/mol. The Balaban J connectivity index is 2.18. The standard InChI is InChI=1S/C17H16ClNO/c1-3-20-14-7-8-16-13(11-14)9-10-19(16)17-12(2)5-4-6-15(17)18/h4-11H,3H2,1-2H3. The fourth-order valence-corrected chi connectivity index (χ4v) is 2.81. The first-order chi connectivity index (χ1) is 9.70. The molecule has 3 rings (SSSR count). The second-order valence-electron chi connectivity index (χ2n) is 4.74. The lowest BCUT2D eigenvalue weighted by molar-refractivity contribution is 0.341. The van der Waals surface area contributed by atoms with E-state index in [1.165, 1.54) is 0 Å². The van der Waals surface area contributed by atoms with Crippen LogP contribution in [0.3, 0.4) is 0 Å². The van der Waals surface area contributed by atoms with Crippen LogP contribution >= 0.6 is 11.6 Å². The molecule has 102 valence electrons. The molecule has 3 heteroatoms. The molecule has 0 N–H and O–H groups in total. The SMILES string of the molecule is CCOc1ccc2c(ccn2-c2c(C)cccc2Cl)c1. The lowest BCUT2D eigenvalue weighted by Gasteiger charge is -2.11. The zero-order valence-corrected chi connectivity index (χ0v) is 12.3. The van der Waals surface area contributed by atoms with Gasteiger partial charge in [-0.3, -0.25) is 0 Å². The van der Waals surface area contributed by atoms with Crippen molar-refractivity contribution >= 4 is 22.5 Å². The van der Waals surface area contributed by atoms with Gasteiger partial charge in [-0.15, -0.1) is 0 Å². The summed E-state index contributed by atoms with van der Waals surface area (Å²) < 4.78 is 7.67. The molecule has 1 heterocycles. The molecule has 0 saturated carbocycles. The second kappa shape index (κ2) is 5.22. The van der Waals surface area contributed by atoms with Gasteiger partial charge in [0.15, 0.2) is 0 Å². The minimum absolute atomic E-state index is 0.676. The molecule has 2 nitrogen and oxygen atoms in total. The molecule has 0 unspecified atom stereocenters. The van der Waals surface area contributed by atoms with Crippen LogP contribution in [0.25, 0.3) is 16.6 Å². The highest BCUT2D eigenvalue weighted by molar-refractivity contribution is 6.32. The van der Waals surface area contributed by atoms with Crippen LogP contribution in [0.15, 0.2) is 48.7 Å². The van der Waals surface area contributed by atoms with Crippen LogP contribution in [0.2, 0.25) is 5.02 Å². The number of benzene rings is 2. The molecule has 0 spiro atoms. The van der Waals surface area contributed by atoms with Crippen molar-refractivity contribution in [2.75, 3.05) is 6.61 Å². The van der Waals surface area contributed by atoms with Crippen molar-refractivity contribution in [1.29, 1.82) is 0 Å². The number of hydrogen-bond donors (Lipinski definition) is 0. The molecule has 3 aromatic rings. The summed E-state index contributed by atoms with van der Waals surface area (Å²) in [6.45, 7) is 4.74. The van der Waals surface area contributed by atoms with Crippen LogP contribution < -0.4 is 4.74 Å². The van der Waals surface area contributed by atoms with Crippen LogP contribution in [-0.2, 0) is 0 Å². The first kappa shape index (κ1) is 13.1. The zero-order valence-electron chi connectivity index (χ0n) is 11.6. The molecule has 0 aliphatic carbocycles. The summed E-state index contributed by atoms with van der Waals surface area (Å²) in [5, 5.41) is 1.91. The van der Waals surface area contributed by atoms with Crippen molar-refractivity contribution in [2.24, 2.45) is 0 Å². The topological polar surface area (TPSA) is 14.2 Å². The fraction of sp³-hybridized carbons (Fsp3) is 0.176. The Morgan fingerprint density at radius 1 is 1.15 bits per heavy atom. The smallest absolute Gasteiger partial charge is 0.120 e. The fourth-order valence-electron chi connectivity index (χ4n) is 2.50. The molecular formula is C17H16ClNO. The number of nitrogens with zero attached hydrogens (tertiary/aromatic N) is 1. The predicted molar refractivity (Wildman–Crippen MR) is 84.2 cm³/mol. The number of aromatic nitrogens is 1. The van der Waals surface area contributed by atoms with Gasteiger partial charge in [-0.25, -0.2) is 0 Å². The summed E-state index contributed by atoms with van der Waals surface area (Å²) >= 11 is 6.36. The van der Waals surface area contributed by atoms with E-state index in [9.17, 15) is 0 Å². The predicted octanol–water partition coefficient (Wildman–Crippen LogP) is 4.99. The molecule has 0 radical (unpaired) electrons. The van der Waals surface area contributed by atoms with Crippen molar-refractivity contribution < 1.29 is 4.74 Å². The van der Waals surface area contributed by atoms with Gasteiger partial charge in [0, 0.05) is 11.6 Å². The number of hydrogen-bond acceptors (Lipinski definition) is 1. The van der Waals surface area contributed by atoms with Gasteiger partial charge in [0.2, 0.25) is 0 Å². The first-order valence-corrected chi connectivity index (χ1v) is 7.08. The van der Waals surface area contributed by atoms with E-state index in [0.717, 1.165) is 32.9 Å². The molecule has 1 aromatic heterocycles. The van der Waals surface area contributed by atoms with Gasteiger partial charge in [0.1, 0.15) is 5.75 Å². The highest BCUT2D eigenvalue weighted by atomic mass is 35.5. The third-order valence-corrected chi connectivity index (χ3v) is 3.71. The van der Waals surface area contributed by atoms with Gasteiger partial charge in [-0.1, -0.05) is 23.7 Å². The highest BCUT2D eigenvalue weighted by Gasteiger charge is 2.09. The van der Waals surface area contributed by atoms with Crippen molar-refractivity contribution in [3.05, 3.63) is 59.2 Å². The largest absolute Gasteiger partial charge is 0.494 e. The van der Waals surface area contributed by atoms with Crippen molar-refractivity contribution in [1.82, 2.24) is 4.57 Å². The van der Waals surface area contributed by atoms with E-state index in [0.29, 0.717) is 6.61 Å². The van der Waals surface area contributed by atoms with Crippen molar-refractivity contribution in [3.63, 3.8) is 0 Å². The maximum atomic E-state index is 6.36. The molecule has 2 aromatic carbocycles. The van der Waals surface area contributed by atoms with Crippen LogP contribution in [0.4, 0.5) is 0 Å². The van der Waals surface area contributed by atoms with Gasteiger partial charge in [0.05, 0.1) is 22.8 Å². The van der Waals surface area contributed by atoms with E-state index in [2.05, 4.69) is 42.0 Å². The number of aryl methyl sites for hydroxylation is 1. The van der Waals surface area contributed by atoms with Gasteiger partial charge >= 0.3 is 0 Å². The van der Waals surface area contributed by atoms with Gasteiger partial charge in [-0.2, -0.15) is 0 Å². The van der Waals surface area contributed by atoms with E-state index < -0.39 is 0 Å². The summed E-state index contributed by atoms with van der Waals surface area (Å²) in [5.74, 6) is 0.897. The van der Waals surface area contributed by atoms with E-state index in [4.69, 9.17) is 16.3 Å². The summed E-state index contributed by atoms with van der Waals surface area (Å²) in [5.41, 5.74) is 3.32. The quantitative estimate of drug-likeness (QED) is 0.661. The Morgan fingerprint density at radius 2 is 2.00 bits per heavy atom. The van der Waals surface area contributed by atoms with Gasteiger partial charge in [-0.05, 0) is 49.7 Å². The number of rotatable bonds is 3. The Kier molecular flexibility index (Phi) is 3.41. The molecular weight excluding hydrogens is 270 g/mol. The Hall–Kier alpha value is -1.93. The first-order valence-electron chi connectivity index (χ1n) is 6.70. The lowest BCUT2D eigenvalue weighted by Crippen LogP contribution is -1.96. The van der Waals surface area contributed by atoms with E-state index in [-0.39, 0.29) is 0 Å². The molecule has 0 bridgehead atoms. The average Bonchev–Trinajstić information content (AvgIpc) is 2.82. The van der Waals surface area contributed by atoms with Gasteiger partial charge < -0.3 is 9.30 Å². The summed E-state index contributed by atoms with van der Waals surface area (Å²) in [6.07, 6.45) is 2.05. The Bertz CT molecular complexity index is 741. The second-order valence-corrected chi connectivity index (χ2v) is 5.15. The molecule has 0 aliphatic heterocycles. The monoisotopic (exact) mass is 285 g/mol. The van der Waals surface area contributed by atoms with Crippen LogP contribution in [0.1, 0.15) is 12.5 Å². The third-order valence-electron chi connectivity index (χ3n) is 3.40. The van der Waals surface area contributed by atoms with Crippen LogP contribution in [0, 0.1) is 6.92 Å². The van der Waals surface area contributed by atoms with Crippen molar-refractivity contribution in [2.45, 2.75) is 13.8 Å². The minimum Gasteiger partial charge on any atom is -0.494 e. The van der Waals surface area contributed by atoms with Gasteiger partial charge in [0.25, 0.3) is 0 Å². The molecule has 0 amide bonds. The molecule has 0 atom stereocenters. The summed E-state index contributed by atoms with van der Waals surface area (Å²) in [4.78, 5) is 0. The van der Waals surface area contributed by atoms with E-state index in [1.807, 2.05) is 25.1 Å². The minimum atomic E-state index is 0.676. The molecule has 0 aliphatic rings. The Morgan fingerprint density at radius 3 is 2.75 bits per heavy atom. The summed E-state index contributed by atoms with van der Waals surface area (Å²) in [6, 6.07) is 14.2. The summed E-state index contributed by atoms with van der Waals surface area (Å²) in [7, 11) is 0. The number of fused-ring (bicyclic) bond motifs is 1. The van der Waals surface area contributed by atoms with Crippen LogP contribution in [-0.4, -0.2) is 11.2 Å². The number of ether oxygens (including phenoxy) is 1. The number of para-hydroxylation sites is 1. The van der Waals surface area contributed by atoms with Crippen LogP contribution in [0.5, 0.6) is 5.75 Å². The maximum Gasteiger partial charge on any atom is 0.120 e. The van der Waals surface area contributed by atoms with Crippen molar-refractivity contribution in [3.8, 4) is 11.4 Å². The number of halogens is 1. The highest BCUT2D eigenvalue weighted by Crippen LogP contribution is 2.30. The molecule has 0 fully saturated rings. The Labute approximate surface area is 123 Å². The van der Waals surface area contributed by atoms with E-state index >= 15 is 0 Å². The molecule has 0 saturated heterocycles. The van der Waals surface area contributed by atoms with E-state index in [1.54, 1.807) is 0 Å². The molecule has 20 heavy (non-hydrogen) atoms. The third kappa shape index (κ3) is 2.16. The maximum absolute atomic E-state index is 6.36.